The van der Waals surface area contributed by atoms with E-state index in [1.165, 1.54) is 0 Å². The smallest absolute Gasteiger partial charge is 0.0659 e. The average Bonchev–Trinajstić information content (AvgIpc) is 2.43. The molecule has 0 aromatic heterocycles. The highest BCUT2D eigenvalue weighted by Crippen LogP contribution is 2.36. The second-order valence-electron chi connectivity index (χ2n) is 1.91. The molecule has 0 saturated heterocycles. The number of hydrogen-bond donors (Lipinski definition) is 1. The van der Waals surface area contributed by atoms with E-state index in [-0.39, 0.29) is 12.5 Å². The fraction of sp³-hybridized carbons (Fsp3) is 0.800. The molecule has 0 heterocycles. The van der Waals surface area contributed by atoms with Crippen LogP contribution in [0, 0.1) is 23.2 Å². The third-order valence-electron chi connectivity index (χ3n) is 1.32. The summed E-state index contributed by atoms with van der Waals surface area (Å²) in [6.45, 7) is 0.193. The van der Waals surface area contributed by atoms with E-state index in [0.717, 1.165) is 6.42 Å². The normalized spacial score (nSPS) is 37.1. The van der Waals surface area contributed by atoms with Gasteiger partial charge in [0.25, 0.3) is 0 Å². The highest BCUT2D eigenvalue weighted by molar-refractivity contribution is 5.00. The molecule has 1 N–H and O–H groups in total. The summed E-state index contributed by atoms with van der Waals surface area (Å²) in [5.74, 6) is 0.481. The fourth-order valence-electron chi connectivity index (χ4n) is 0.607. The minimum Gasteiger partial charge on any atom is -0.396 e. The maximum absolute atomic E-state index is 8.36. The average molecular weight is 97.1 g/mol. The first-order valence-electron chi connectivity index (χ1n) is 2.39. The van der Waals surface area contributed by atoms with Crippen LogP contribution in [-0.2, 0) is 0 Å². The second kappa shape index (κ2) is 1.51. The van der Waals surface area contributed by atoms with Crippen molar-refractivity contribution in [2.24, 2.45) is 11.8 Å². The van der Waals surface area contributed by atoms with E-state index in [2.05, 4.69) is 6.07 Å². The minimum absolute atomic E-state index is 0.171. The van der Waals surface area contributed by atoms with Gasteiger partial charge in [0.2, 0.25) is 0 Å². The minimum atomic E-state index is 0.171. The largest absolute Gasteiger partial charge is 0.396 e. The Bertz CT molecular complexity index is 105. The Hall–Kier alpha value is -0.550. The molecule has 0 aromatic carbocycles. The lowest BCUT2D eigenvalue weighted by molar-refractivity contribution is 0.273. The van der Waals surface area contributed by atoms with Crippen LogP contribution in [0.25, 0.3) is 0 Å². The number of nitrogens with zero attached hydrogens (tertiary/aromatic N) is 1. The molecule has 0 bridgehead atoms. The first-order valence-corrected chi connectivity index (χ1v) is 2.39. The van der Waals surface area contributed by atoms with Crippen molar-refractivity contribution in [3.63, 3.8) is 0 Å². The Morgan fingerprint density at radius 1 is 1.86 bits per heavy atom. The first kappa shape index (κ1) is 4.61. The van der Waals surface area contributed by atoms with E-state index in [1.54, 1.807) is 0 Å². The van der Waals surface area contributed by atoms with Crippen LogP contribution in [0.3, 0.4) is 0 Å². The summed E-state index contributed by atoms with van der Waals surface area (Å²) in [5.41, 5.74) is 0. The van der Waals surface area contributed by atoms with Crippen LogP contribution in [-0.4, -0.2) is 11.7 Å². The zero-order valence-electron chi connectivity index (χ0n) is 3.96. The van der Waals surface area contributed by atoms with Crippen LogP contribution in [0.15, 0.2) is 0 Å². The summed E-state index contributed by atoms with van der Waals surface area (Å²) in [4.78, 5) is 0. The third-order valence-corrected chi connectivity index (χ3v) is 1.32. The van der Waals surface area contributed by atoms with Gasteiger partial charge in [0.15, 0.2) is 0 Å². The molecular formula is C5H7NO. The van der Waals surface area contributed by atoms with Crippen molar-refractivity contribution < 1.29 is 5.11 Å². The number of nitriles is 1. The number of rotatable bonds is 1. The predicted octanol–water partition coefficient (Wildman–Crippen LogP) is 0.138. The van der Waals surface area contributed by atoms with Crippen molar-refractivity contribution >= 4 is 0 Å². The predicted molar refractivity (Wildman–Crippen MR) is 24.3 cm³/mol. The summed E-state index contributed by atoms with van der Waals surface area (Å²) < 4.78 is 0. The molecule has 0 unspecified atom stereocenters. The quantitative estimate of drug-likeness (QED) is 0.505. The molecule has 0 amide bonds. The molecule has 1 aliphatic rings. The monoisotopic (exact) mass is 97.1 g/mol. The summed E-state index contributed by atoms with van der Waals surface area (Å²) in [6, 6.07) is 2.08. The van der Waals surface area contributed by atoms with Gasteiger partial charge in [-0.2, -0.15) is 5.26 Å². The molecule has 7 heavy (non-hydrogen) atoms. The van der Waals surface area contributed by atoms with Gasteiger partial charge in [0.1, 0.15) is 0 Å². The number of hydrogen-bond acceptors (Lipinski definition) is 2. The van der Waals surface area contributed by atoms with E-state index < -0.39 is 0 Å². The molecular weight excluding hydrogens is 90.1 g/mol. The van der Waals surface area contributed by atoms with Crippen molar-refractivity contribution in [3.05, 3.63) is 0 Å². The van der Waals surface area contributed by atoms with Gasteiger partial charge in [-0.25, -0.2) is 0 Å². The molecule has 0 radical (unpaired) electrons. The van der Waals surface area contributed by atoms with Gasteiger partial charge in [-0.1, -0.05) is 0 Å². The van der Waals surface area contributed by atoms with Gasteiger partial charge in [-0.3, -0.25) is 0 Å². The van der Waals surface area contributed by atoms with Crippen molar-refractivity contribution in [2.45, 2.75) is 6.42 Å². The summed E-state index contributed by atoms with van der Waals surface area (Å²) in [6.07, 6.45) is 0.910. The van der Waals surface area contributed by atoms with E-state index in [0.29, 0.717) is 5.92 Å². The van der Waals surface area contributed by atoms with Gasteiger partial charge in [0.05, 0.1) is 12.0 Å². The molecule has 1 saturated carbocycles. The SMILES string of the molecule is N#C[C@@H]1C[C@H]1CO. The van der Waals surface area contributed by atoms with Gasteiger partial charge in [-0.15, -0.1) is 0 Å². The van der Waals surface area contributed by atoms with Crippen LogP contribution in [0.5, 0.6) is 0 Å². The molecule has 2 atom stereocenters. The molecule has 1 aliphatic carbocycles. The van der Waals surface area contributed by atoms with E-state index in [9.17, 15) is 0 Å². The lowest BCUT2D eigenvalue weighted by atomic mass is 10.4. The lowest BCUT2D eigenvalue weighted by Crippen LogP contribution is -1.84. The van der Waals surface area contributed by atoms with E-state index >= 15 is 0 Å². The molecule has 1 fully saturated rings. The standard InChI is InChI=1S/C5H7NO/c6-2-4-1-5(4)3-7/h4-5,7H,1,3H2/t4-,5-/m0/s1. The molecule has 0 spiro atoms. The molecule has 2 heteroatoms. The number of aliphatic hydroxyl groups excluding tert-OH is 1. The van der Waals surface area contributed by atoms with Gasteiger partial charge >= 0.3 is 0 Å². The van der Waals surface area contributed by atoms with Crippen molar-refractivity contribution in [3.8, 4) is 6.07 Å². The first-order chi connectivity index (χ1) is 3.38. The third kappa shape index (κ3) is 0.726. The van der Waals surface area contributed by atoms with E-state index in [1.807, 2.05) is 0 Å². The fourth-order valence-corrected chi connectivity index (χ4v) is 0.607. The Balaban J connectivity index is 2.21. The zero-order chi connectivity index (χ0) is 5.28. The highest BCUT2D eigenvalue weighted by Gasteiger charge is 2.36. The van der Waals surface area contributed by atoms with Crippen LogP contribution in [0.1, 0.15) is 6.42 Å². The van der Waals surface area contributed by atoms with Crippen LogP contribution < -0.4 is 0 Å². The van der Waals surface area contributed by atoms with Crippen LogP contribution in [0.4, 0.5) is 0 Å². The van der Waals surface area contributed by atoms with Crippen molar-refractivity contribution in [1.82, 2.24) is 0 Å². The van der Waals surface area contributed by atoms with Crippen molar-refractivity contribution in [2.75, 3.05) is 6.61 Å². The molecule has 38 valence electrons. The summed E-state index contributed by atoms with van der Waals surface area (Å²) >= 11 is 0. The lowest BCUT2D eigenvalue weighted by Gasteiger charge is -1.77. The second-order valence-corrected chi connectivity index (χ2v) is 1.91. The Kier molecular flexibility index (Phi) is 0.994. The summed E-state index contributed by atoms with van der Waals surface area (Å²) in [5, 5.41) is 16.5. The van der Waals surface area contributed by atoms with Gasteiger partial charge in [-0.05, 0) is 12.3 Å². The molecule has 1 rings (SSSR count). The molecule has 0 aromatic rings. The van der Waals surface area contributed by atoms with Gasteiger partial charge in [0, 0.05) is 6.61 Å². The Labute approximate surface area is 42.4 Å². The van der Waals surface area contributed by atoms with Crippen LogP contribution in [0.2, 0.25) is 0 Å². The maximum Gasteiger partial charge on any atom is 0.0659 e. The molecule has 0 aliphatic heterocycles. The van der Waals surface area contributed by atoms with Gasteiger partial charge < -0.3 is 5.11 Å². The maximum atomic E-state index is 8.36. The zero-order valence-corrected chi connectivity index (χ0v) is 3.96. The molecule has 2 nitrogen and oxygen atoms in total. The highest BCUT2D eigenvalue weighted by atomic mass is 16.3. The number of aliphatic hydroxyl groups is 1. The summed E-state index contributed by atoms with van der Waals surface area (Å²) in [7, 11) is 0. The Morgan fingerprint density at radius 3 is 2.71 bits per heavy atom. The van der Waals surface area contributed by atoms with E-state index in [4.69, 9.17) is 10.4 Å². The Morgan fingerprint density at radius 2 is 2.57 bits per heavy atom. The van der Waals surface area contributed by atoms with Crippen LogP contribution >= 0.6 is 0 Å². The topological polar surface area (TPSA) is 44.0 Å². The van der Waals surface area contributed by atoms with Crippen molar-refractivity contribution in [1.29, 1.82) is 5.26 Å².